The summed E-state index contributed by atoms with van der Waals surface area (Å²) in [4.78, 5) is 39.4. The minimum atomic E-state index is -0.472. The second kappa shape index (κ2) is 3.76. The Morgan fingerprint density at radius 2 is 2.28 bits per heavy atom. The Labute approximate surface area is 101 Å². The lowest BCUT2D eigenvalue weighted by Gasteiger charge is -2.14. The smallest absolute Gasteiger partial charge is 0.229 e. The molecule has 1 fully saturated rings. The van der Waals surface area contributed by atoms with Gasteiger partial charge >= 0.3 is 0 Å². The molecule has 1 aliphatic rings. The number of nitrogens with one attached hydrogen (secondary N) is 1. The Balaban J connectivity index is 2.03. The molecular formula is C10H10N6O2. The summed E-state index contributed by atoms with van der Waals surface area (Å²) in [6.07, 6.45) is 2.94. The molecule has 0 radical (unpaired) electrons. The first-order valence-electron chi connectivity index (χ1n) is 5.40. The Kier molecular flexibility index (Phi) is 2.22. The number of nitrogens with zero attached hydrogens (tertiary/aromatic N) is 4. The van der Waals surface area contributed by atoms with Gasteiger partial charge < -0.3 is 10.7 Å². The molecule has 3 rings (SSSR count). The van der Waals surface area contributed by atoms with Crippen LogP contribution in [0.5, 0.6) is 0 Å². The van der Waals surface area contributed by atoms with Crippen LogP contribution in [0, 0.1) is 5.92 Å². The number of primary amides is 1. The molecule has 18 heavy (non-hydrogen) atoms. The van der Waals surface area contributed by atoms with Gasteiger partial charge in [-0.15, -0.1) is 0 Å². The average molecular weight is 246 g/mol. The fraction of sp³-hybridized carbons (Fsp3) is 0.300. The molecule has 0 aromatic carbocycles. The minimum absolute atomic E-state index is 0.120. The van der Waals surface area contributed by atoms with E-state index in [1.54, 1.807) is 0 Å². The second-order valence-corrected chi connectivity index (χ2v) is 4.11. The quantitative estimate of drug-likeness (QED) is 0.718. The average Bonchev–Trinajstić information content (AvgIpc) is 2.94. The number of aromatic nitrogens is 4. The SMILES string of the molecule is NC(=O)C1CC(=O)N(c2ncnc3nc[nH]c23)C1. The van der Waals surface area contributed by atoms with Crippen molar-refractivity contribution in [3.63, 3.8) is 0 Å². The fourth-order valence-corrected chi connectivity index (χ4v) is 2.06. The molecule has 0 spiro atoms. The number of H-pyrrole nitrogens is 1. The number of imidazole rings is 1. The molecular weight excluding hydrogens is 236 g/mol. The lowest BCUT2D eigenvalue weighted by molar-refractivity contribution is -0.123. The summed E-state index contributed by atoms with van der Waals surface area (Å²) in [6.45, 7) is 0.249. The van der Waals surface area contributed by atoms with Crippen LogP contribution < -0.4 is 10.6 Å². The van der Waals surface area contributed by atoms with E-state index in [1.165, 1.54) is 17.6 Å². The van der Waals surface area contributed by atoms with Gasteiger partial charge in [0.2, 0.25) is 11.8 Å². The van der Waals surface area contributed by atoms with Crippen molar-refractivity contribution in [3.05, 3.63) is 12.7 Å². The van der Waals surface area contributed by atoms with Gasteiger partial charge in [0.15, 0.2) is 11.5 Å². The largest absolute Gasteiger partial charge is 0.369 e. The van der Waals surface area contributed by atoms with Crippen molar-refractivity contribution >= 4 is 28.8 Å². The van der Waals surface area contributed by atoms with Gasteiger partial charge in [0.05, 0.1) is 12.2 Å². The summed E-state index contributed by atoms with van der Waals surface area (Å²) >= 11 is 0. The topological polar surface area (TPSA) is 118 Å². The van der Waals surface area contributed by atoms with E-state index in [2.05, 4.69) is 19.9 Å². The summed E-state index contributed by atoms with van der Waals surface area (Å²) in [5, 5.41) is 0. The van der Waals surface area contributed by atoms with Crippen LogP contribution >= 0.6 is 0 Å². The van der Waals surface area contributed by atoms with Crippen LogP contribution in [0.15, 0.2) is 12.7 Å². The number of carbonyl (C=O) groups is 2. The third-order valence-electron chi connectivity index (χ3n) is 2.99. The standard InChI is InChI=1S/C10H10N6O2/c11-8(18)5-1-6(17)16(2-5)10-7-9(13-3-12-7)14-4-15-10/h3-5H,1-2H2,(H2,11,18)(H,12,13,14,15). The number of fused-ring (bicyclic) bond motifs is 1. The summed E-state index contributed by atoms with van der Waals surface area (Å²) < 4.78 is 0. The third kappa shape index (κ3) is 1.50. The van der Waals surface area contributed by atoms with Gasteiger partial charge in [0, 0.05) is 13.0 Å². The van der Waals surface area contributed by atoms with Crippen LogP contribution in [0.4, 0.5) is 5.82 Å². The predicted octanol–water partition coefficient (Wildman–Crippen LogP) is -0.809. The number of carbonyl (C=O) groups excluding carboxylic acids is 2. The molecule has 2 aromatic heterocycles. The molecule has 8 nitrogen and oxygen atoms in total. The molecule has 0 aliphatic carbocycles. The number of anilines is 1. The number of rotatable bonds is 2. The zero-order valence-corrected chi connectivity index (χ0v) is 9.33. The minimum Gasteiger partial charge on any atom is -0.369 e. The molecule has 0 saturated carbocycles. The van der Waals surface area contributed by atoms with E-state index in [0.717, 1.165) is 0 Å². The Morgan fingerprint density at radius 1 is 1.44 bits per heavy atom. The predicted molar refractivity (Wildman–Crippen MR) is 61.3 cm³/mol. The maximum Gasteiger partial charge on any atom is 0.229 e. The highest BCUT2D eigenvalue weighted by Crippen LogP contribution is 2.26. The highest BCUT2D eigenvalue weighted by atomic mass is 16.2. The Bertz CT molecular complexity index is 636. The maximum absolute atomic E-state index is 11.9. The first-order valence-corrected chi connectivity index (χ1v) is 5.40. The monoisotopic (exact) mass is 246 g/mol. The number of hydrogen-bond donors (Lipinski definition) is 2. The van der Waals surface area contributed by atoms with E-state index >= 15 is 0 Å². The molecule has 1 atom stereocenters. The van der Waals surface area contributed by atoms with Crippen molar-refractivity contribution in [2.75, 3.05) is 11.4 Å². The maximum atomic E-state index is 11.9. The van der Waals surface area contributed by atoms with Crippen molar-refractivity contribution in [1.29, 1.82) is 0 Å². The van der Waals surface area contributed by atoms with Crippen LogP contribution in [-0.2, 0) is 9.59 Å². The first-order chi connectivity index (χ1) is 8.66. The summed E-state index contributed by atoms with van der Waals surface area (Å²) in [5.74, 6) is -0.675. The third-order valence-corrected chi connectivity index (χ3v) is 2.99. The van der Waals surface area contributed by atoms with Crippen LogP contribution in [0.25, 0.3) is 11.2 Å². The zero-order chi connectivity index (χ0) is 12.7. The Morgan fingerprint density at radius 3 is 3.00 bits per heavy atom. The van der Waals surface area contributed by atoms with Gasteiger partial charge in [-0.2, -0.15) is 0 Å². The van der Waals surface area contributed by atoms with E-state index in [1.807, 2.05) is 0 Å². The van der Waals surface area contributed by atoms with Crippen LogP contribution in [0.1, 0.15) is 6.42 Å². The van der Waals surface area contributed by atoms with Crippen LogP contribution in [-0.4, -0.2) is 38.3 Å². The van der Waals surface area contributed by atoms with Gasteiger partial charge in [-0.05, 0) is 0 Å². The fourth-order valence-electron chi connectivity index (χ4n) is 2.06. The molecule has 0 bridgehead atoms. The summed E-state index contributed by atoms with van der Waals surface area (Å²) in [5.41, 5.74) is 6.28. The number of amides is 2. The van der Waals surface area contributed by atoms with Crippen molar-refractivity contribution in [3.8, 4) is 0 Å². The molecule has 8 heteroatoms. The van der Waals surface area contributed by atoms with E-state index in [4.69, 9.17) is 5.73 Å². The molecule has 1 unspecified atom stereocenters. The van der Waals surface area contributed by atoms with Gasteiger partial charge in [0.25, 0.3) is 0 Å². The number of hydrogen-bond acceptors (Lipinski definition) is 5. The normalized spacial score (nSPS) is 19.7. The lowest BCUT2D eigenvalue weighted by Crippen LogP contribution is -2.29. The van der Waals surface area contributed by atoms with E-state index in [9.17, 15) is 9.59 Å². The molecule has 1 saturated heterocycles. The molecule has 92 valence electrons. The highest BCUT2D eigenvalue weighted by Gasteiger charge is 2.35. The number of aromatic amines is 1. The molecule has 2 aromatic rings. The van der Waals surface area contributed by atoms with Gasteiger partial charge in [-0.3, -0.25) is 14.5 Å². The zero-order valence-electron chi connectivity index (χ0n) is 9.33. The van der Waals surface area contributed by atoms with Crippen molar-refractivity contribution < 1.29 is 9.59 Å². The lowest BCUT2D eigenvalue weighted by atomic mass is 10.1. The number of nitrogens with two attached hydrogens (primary N) is 1. The van der Waals surface area contributed by atoms with E-state index in [0.29, 0.717) is 17.0 Å². The Hall–Kier alpha value is -2.51. The summed E-state index contributed by atoms with van der Waals surface area (Å²) in [6, 6.07) is 0. The van der Waals surface area contributed by atoms with Crippen LogP contribution in [0.2, 0.25) is 0 Å². The van der Waals surface area contributed by atoms with Crippen LogP contribution in [0.3, 0.4) is 0 Å². The second-order valence-electron chi connectivity index (χ2n) is 4.11. The van der Waals surface area contributed by atoms with Gasteiger partial charge in [-0.25, -0.2) is 15.0 Å². The highest BCUT2D eigenvalue weighted by molar-refractivity contribution is 6.03. The van der Waals surface area contributed by atoms with Crippen molar-refractivity contribution in [2.24, 2.45) is 11.7 Å². The summed E-state index contributed by atoms with van der Waals surface area (Å²) in [7, 11) is 0. The van der Waals surface area contributed by atoms with Gasteiger partial charge in [-0.1, -0.05) is 0 Å². The molecule has 1 aliphatic heterocycles. The van der Waals surface area contributed by atoms with Gasteiger partial charge in [0.1, 0.15) is 11.8 Å². The molecule has 2 amide bonds. The first kappa shape index (κ1) is 10.6. The van der Waals surface area contributed by atoms with E-state index < -0.39 is 11.8 Å². The van der Waals surface area contributed by atoms with Crippen molar-refractivity contribution in [2.45, 2.75) is 6.42 Å². The molecule has 3 heterocycles. The molecule has 3 N–H and O–H groups in total. The van der Waals surface area contributed by atoms with Crippen molar-refractivity contribution in [1.82, 2.24) is 19.9 Å². The van der Waals surface area contributed by atoms with E-state index in [-0.39, 0.29) is 18.9 Å².